The summed E-state index contributed by atoms with van der Waals surface area (Å²) in [6, 6.07) is 3.39. The van der Waals surface area contributed by atoms with Crippen LogP contribution in [0.15, 0.2) is 18.3 Å². The molecule has 6 heteroatoms. The average Bonchev–Trinajstić information content (AvgIpc) is 2.85. The SMILES string of the molecule is O=C(CN1CCCC1=O)Nc1cc(C#CCCO)ccn1. The third-order valence-corrected chi connectivity index (χ3v) is 3.00. The number of aromatic nitrogens is 1. The van der Waals surface area contributed by atoms with Crippen LogP contribution in [-0.4, -0.2) is 46.5 Å². The molecule has 2 amide bonds. The van der Waals surface area contributed by atoms with Crippen LogP contribution in [0.5, 0.6) is 0 Å². The Kier molecular flexibility index (Phi) is 5.29. The molecule has 0 saturated carbocycles. The third-order valence-electron chi connectivity index (χ3n) is 3.00. The van der Waals surface area contributed by atoms with E-state index in [0.717, 1.165) is 6.42 Å². The smallest absolute Gasteiger partial charge is 0.245 e. The Balaban J connectivity index is 1.93. The lowest BCUT2D eigenvalue weighted by molar-refractivity contribution is -0.131. The first-order valence-corrected chi connectivity index (χ1v) is 6.82. The summed E-state index contributed by atoms with van der Waals surface area (Å²) in [5.74, 6) is 5.83. The molecule has 0 aromatic carbocycles. The number of carbonyl (C=O) groups excluding carboxylic acids is 2. The van der Waals surface area contributed by atoms with Gasteiger partial charge >= 0.3 is 0 Å². The van der Waals surface area contributed by atoms with E-state index in [1.807, 2.05) is 0 Å². The maximum Gasteiger partial charge on any atom is 0.245 e. The van der Waals surface area contributed by atoms with Gasteiger partial charge in [0.2, 0.25) is 11.8 Å². The monoisotopic (exact) mass is 287 g/mol. The molecular weight excluding hydrogens is 270 g/mol. The van der Waals surface area contributed by atoms with Crippen molar-refractivity contribution in [3.63, 3.8) is 0 Å². The fourth-order valence-electron chi connectivity index (χ4n) is 2.02. The zero-order valence-corrected chi connectivity index (χ0v) is 11.6. The number of rotatable bonds is 4. The highest BCUT2D eigenvalue weighted by atomic mass is 16.2. The van der Waals surface area contributed by atoms with Crippen LogP contribution in [0.2, 0.25) is 0 Å². The van der Waals surface area contributed by atoms with Crippen LogP contribution >= 0.6 is 0 Å². The number of hydrogen-bond donors (Lipinski definition) is 2. The molecule has 2 N–H and O–H groups in total. The third kappa shape index (κ3) is 4.58. The Morgan fingerprint density at radius 1 is 1.52 bits per heavy atom. The first-order valence-electron chi connectivity index (χ1n) is 6.82. The van der Waals surface area contributed by atoms with Gasteiger partial charge in [0.1, 0.15) is 5.82 Å². The molecule has 0 unspecified atom stereocenters. The summed E-state index contributed by atoms with van der Waals surface area (Å²) in [5.41, 5.74) is 0.714. The van der Waals surface area contributed by atoms with Crippen molar-refractivity contribution in [1.29, 1.82) is 0 Å². The molecule has 0 spiro atoms. The largest absolute Gasteiger partial charge is 0.395 e. The van der Waals surface area contributed by atoms with Crippen molar-refractivity contribution in [3.05, 3.63) is 23.9 Å². The van der Waals surface area contributed by atoms with Gasteiger partial charge in [-0.05, 0) is 18.6 Å². The highest BCUT2D eigenvalue weighted by Gasteiger charge is 2.22. The molecular formula is C15H17N3O3. The van der Waals surface area contributed by atoms with Crippen molar-refractivity contribution in [2.24, 2.45) is 0 Å². The number of amides is 2. The molecule has 6 nitrogen and oxygen atoms in total. The number of likely N-dealkylation sites (tertiary alicyclic amines) is 1. The Morgan fingerprint density at radius 3 is 3.10 bits per heavy atom. The van der Waals surface area contributed by atoms with E-state index in [9.17, 15) is 9.59 Å². The highest BCUT2D eigenvalue weighted by molar-refractivity contribution is 5.94. The van der Waals surface area contributed by atoms with Crippen molar-refractivity contribution < 1.29 is 14.7 Å². The van der Waals surface area contributed by atoms with Crippen molar-refractivity contribution in [2.45, 2.75) is 19.3 Å². The molecule has 1 aliphatic heterocycles. The summed E-state index contributed by atoms with van der Waals surface area (Å²) in [7, 11) is 0. The second kappa shape index (κ2) is 7.41. The maximum atomic E-state index is 11.9. The average molecular weight is 287 g/mol. The molecule has 2 heterocycles. The fraction of sp³-hybridized carbons (Fsp3) is 0.400. The zero-order valence-electron chi connectivity index (χ0n) is 11.6. The first kappa shape index (κ1) is 15.0. The summed E-state index contributed by atoms with van der Waals surface area (Å²) < 4.78 is 0. The minimum absolute atomic E-state index is 0.0155. The number of nitrogens with one attached hydrogen (secondary N) is 1. The lowest BCUT2D eigenvalue weighted by Crippen LogP contribution is -2.34. The molecule has 1 aliphatic rings. The summed E-state index contributed by atoms with van der Waals surface area (Å²) in [6.07, 6.45) is 3.28. The number of carbonyl (C=O) groups is 2. The van der Waals surface area contributed by atoms with E-state index in [2.05, 4.69) is 22.1 Å². The molecule has 1 aromatic heterocycles. The highest BCUT2D eigenvalue weighted by Crippen LogP contribution is 2.10. The number of anilines is 1. The first-order chi connectivity index (χ1) is 10.2. The number of aliphatic hydroxyl groups excluding tert-OH is 1. The second-order valence-electron chi connectivity index (χ2n) is 4.67. The molecule has 110 valence electrons. The molecule has 1 aromatic rings. The van der Waals surface area contributed by atoms with Gasteiger partial charge in [0.15, 0.2) is 0 Å². The van der Waals surface area contributed by atoms with Crippen molar-refractivity contribution in [2.75, 3.05) is 25.0 Å². The molecule has 0 atom stereocenters. The maximum absolute atomic E-state index is 11.9. The zero-order chi connectivity index (χ0) is 15.1. The molecule has 0 radical (unpaired) electrons. The van der Waals surface area contributed by atoms with E-state index in [0.29, 0.717) is 30.8 Å². The van der Waals surface area contributed by atoms with Crippen molar-refractivity contribution in [1.82, 2.24) is 9.88 Å². The van der Waals surface area contributed by atoms with Gasteiger partial charge < -0.3 is 15.3 Å². The Hall–Kier alpha value is -2.39. The standard InChI is InChI=1S/C15H17N3O3/c19-9-2-1-4-12-6-7-16-13(10-12)17-14(20)11-18-8-3-5-15(18)21/h6-7,10,19H,2-3,5,8-9,11H2,(H,16,17,20). The second-order valence-corrected chi connectivity index (χ2v) is 4.67. The summed E-state index contributed by atoms with van der Waals surface area (Å²) in [5, 5.41) is 11.3. The van der Waals surface area contributed by atoms with Crippen LogP contribution in [0.1, 0.15) is 24.8 Å². The quantitative estimate of drug-likeness (QED) is 0.784. The summed E-state index contributed by atoms with van der Waals surface area (Å²) in [6.45, 7) is 0.707. The van der Waals surface area contributed by atoms with Gasteiger partial charge in [-0.3, -0.25) is 9.59 Å². The molecule has 2 rings (SSSR count). The van der Waals surface area contributed by atoms with Gasteiger partial charge in [-0.2, -0.15) is 0 Å². The van der Waals surface area contributed by atoms with Crippen molar-refractivity contribution >= 4 is 17.6 Å². The lowest BCUT2D eigenvalue weighted by atomic mass is 10.2. The van der Waals surface area contributed by atoms with Crippen LogP contribution in [-0.2, 0) is 9.59 Å². The molecule has 0 bridgehead atoms. The van der Waals surface area contributed by atoms with Gasteiger partial charge in [0, 0.05) is 31.1 Å². The summed E-state index contributed by atoms with van der Waals surface area (Å²) >= 11 is 0. The van der Waals surface area contributed by atoms with E-state index in [1.165, 1.54) is 0 Å². The Morgan fingerprint density at radius 2 is 2.38 bits per heavy atom. The fourth-order valence-corrected chi connectivity index (χ4v) is 2.02. The Labute approximate surface area is 123 Å². The molecule has 1 saturated heterocycles. The number of hydrogen-bond acceptors (Lipinski definition) is 4. The van der Waals surface area contributed by atoms with Crippen LogP contribution in [0.4, 0.5) is 5.82 Å². The van der Waals surface area contributed by atoms with Gasteiger partial charge in [-0.15, -0.1) is 0 Å². The van der Waals surface area contributed by atoms with E-state index < -0.39 is 0 Å². The number of nitrogens with zero attached hydrogens (tertiary/aromatic N) is 2. The number of aliphatic hydroxyl groups is 1. The van der Waals surface area contributed by atoms with E-state index in [4.69, 9.17) is 5.11 Å². The van der Waals surface area contributed by atoms with Crippen molar-refractivity contribution in [3.8, 4) is 11.8 Å². The van der Waals surface area contributed by atoms with Gasteiger partial charge in [-0.25, -0.2) is 4.98 Å². The topological polar surface area (TPSA) is 82.5 Å². The van der Waals surface area contributed by atoms with Crippen LogP contribution < -0.4 is 5.32 Å². The van der Waals surface area contributed by atoms with Gasteiger partial charge in [-0.1, -0.05) is 11.8 Å². The molecule has 0 aliphatic carbocycles. The molecule has 1 fully saturated rings. The minimum atomic E-state index is -0.266. The van der Waals surface area contributed by atoms with Gasteiger partial charge in [0.05, 0.1) is 13.2 Å². The van der Waals surface area contributed by atoms with E-state index >= 15 is 0 Å². The Bertz CT molecular complexity index is 589. The van der Waals surface area contributed by atoms with E-state index in [1.54, 1.807) is 23.2 Å². The minimum Gasteiger partial charge on any atom is -0.395 e. The predicted molar refractivity (Wildman–Crippen MR) is 77.3 cm³/mol. The lowest BCUT2D eigenvalue weighted by Gasteiger charge is -2.14. The predicted octanol–water partition coefficient (Wildman–Crippen LogP) is 0.376. The van der Waals surface area contributed by atoms with Crippen LogP contribution in [0.25, 0.3) is 0 Å². The van der Waals surface area contributed by atoms with Crippen LogP contribution in [0, 0.1) is 11.8 Å². The number of pyridine rings is 1. The normalized spacial score (nSPS) is 13.8. The van der Waals surface area contributed by atoms with Crippen LogP contribution in [0.3, 0.4) is 0 Å². The van der Waals surface area contributed by atoms with E-state index in [-0.39, 0.29) is 25.0 Å². The summed E-state index contributed by atoms with van der Waals surface area (Å²) in [4.78, 5) is 28.9. The van der Waals surface area contributed by atoms with Gasteiger partial charge in [0.25, 0.3) is 0 Å². The molecule has 21 heavy (non-hydrogen) atoms.